The van der Waals surface area contributed by atoms with Crippen molar-refractivity contribution in [3.63, 3.8) is 0 Å². The zero-order chi connectivity index (χ0) is 25.9. The Balaban J connectivity index is 1.37. The number of amides is 3. The molecule has 2 aliphatic rings. The van der Waals surface area contributed by atoms with Crippen molar-refractivity contribution in [2.75, 3.05) is 32.0 Å². The van der Waals surface area contributed by atoms with Crippen LogP contribution in [0.25, 0.3) is 0 Å². The smallest absolute Gasteiger partial charge is 0.272 e. The molecule has 1 atom stereocenters. The van der Waals surface area contributed by atoms with Crippen LogP contribution in [-0.4, -0.2) is 75.3 Å². The molecule has 1 aromatic carbocycles. The molecule has 0 radical (unpaired) electrons. The molecule has 1 unspecified atom stereocenters. The van der Waals surface area contributed by atoms with Crippen LogP contribution in [0.5, 0.6) is 17.2 Å². The SMILES string of the molecule is Cc1cnc(NC(=O)c2cc(Oc3ccc(C(=O)N4CCC4)nc3)cc(OC3CCN(C)C3=O)c2)cn1. The minimum absolute atomic E-state index is 0.113. The number of aromatic nitrogens is 3. The summed E-state index contributed by atoms with van der Waals surface area (Å²) in [6.07, 6.45) is 5.37. The summed E-state index contributed by atoms with van der Waals surface area (Å²) in [4.78, 5) is 53.6. The second-order valence-corrected chi connectivity index (χ2v) is 8.97. The average molecular weight is 503 g/mol. The molecule has 190 valence electrons. The van der Waals surface area contributed by atoms with Gasteiger partial charge in [0.1, 0.15) is 22.9 Å². The number of hydrogen-bond acceptors (Lipinski definition) is 8. The van der Waals surface area contributed by atoms with E-state index in [-0.39, 0.29) is 17.4 Å². The molecule has 11 heteroatoms. The van der Waals surface area contributed by atoms with Crippen molar-refractivity contribution in [1.29, 1.82) is 0 Å². The lowest BCUT2D eigenvalue weighted by atomic mass is 10.1. The van der Waals surface area contributed by atoms with Crippen molar-refractivity contribution in [2.45, 2.75) is 25.9 Å². The first kappa shape index (κ1) is 24.2. The Labute approximate surface area is 213 Å². The van der Waals surface area contributed by atoms with Crippen LogP contribution in [0, 0.1) is 6.92 Å². The van der Waals surface area contributed by atoms with Crippen molar-refractivity contribution < 1.29 is 23.9 Å². The Kier molecular flexibility index (Phi) is 6.67. The first-order valence-electron chi connectivity index (χ1n) is 12.0. The number of likely N-dealkylation sites (N-methyl/N-ethyl adjacent to an activating group) is 1. The van der Waals surface area contributed by atoms with Crippen LogP contribution in [0.15, 0.2) is 48.9 Å². The highest BCUT2D eigenvalue weighted by Crippen LogP contribution is 2.30. The number of aryl methyl sites for hydroxylation is 1. The molecule has 4 heterocycles. The number of nitrogens with zero attached hydrogens (tertiary/aromatic N) is 5. The lowest BCUT2D eigenvalue weighted by Gasteiger charge is -2.30. The zero-order valence-electron chi connectivity index (χ0n) is 20.5. The van der Waals surface area contributed by atoms with E-state index in [4.69, 9.17) is 9.47 Å². The fraction of sp³-hybridized carbons (Fsp3) is 0.308. The van der Waals surface area contributed by atoms with Gasteiger partial charge in [-0.25, -0.2) is 9.97 Å². The van der Waals surface area contributed by atoms with E-state index in [1.165, 1.54) is 12.4 Å². The molecular formula is C26H26N6O5. The van der Waals surface area contributed by atoms with Crippen molar-refractivity contribution in [2.24, 2.45) is 0 Å². The summed E-state index contributed by atoms with van der Waals surface area (Å²) in [6.45, 7) is 3.87. The minimum atomic E-state index is -0.646. The molecule has 2 fully saturated rings. The van der Waals surface area contributed by atoms with E-state index in [1.54, 1.807) is 60.3 Å². The third-order valence-electron chi connectivity index (χ3n) is 6.16. The quantitative estimate of drug-likeness (QED) is 0.523. The molecular weight excluding hydrogens is 476 g/mol. The molecule has 1 N–H and O–H groups in total. The summed E-state index contributed by atoms with van der Waals surface area (Å²) in [7, 11) is 1.72. The molecule has 2 saturated heterocycles. The third kappa shape index (κ3) is 5.50. The Hall–Kier alpha value is -4.54. The second kappa shape index (κ2) is 10.2. The fourth-order valence-electron chi connectivity index (χ4n) is 3.92. The number of anilines is 1. The van der Waals surface area contributed by atoms with E-state index >= 15 is 0 Å². The topological polar surface area (TPSA) is 127 Å². The van der Waals surface area contributed by atoms with Crippen LogP contribution >= 0.6 is 0 Å². The highest BCUT2D eigenvalue weighted by Gasteiger charge is 2.31. The van der Waals surface area contributed by atoms with Crippen LogP contribution < -0.4 is 14.8 Å². The van der Waals surface area contributed by atoms with Crippen LogP contribution in [0.2, 0.25) is 0 Å². The highest BCUT2D eigenvalue weighted by atomic mass is 16.5. The van der Waals surface area contributed by atoms with Gasteiger partial charge in [-0.2, -0.15) is 0 Å². The molecule has 2 aliphatic heterocycles. The predicted molar refractivity (Wildman–Crippen MR) is 133 cm³/mol. The monoisotopic (exact) mass is 502 g/mol. The van der Waals surface area contributed by atoms with Gasteiger partial charge in [0.15, 0.2) is 11.9 Å². The number of rotatable bonds is 7. The molecule has 3 aromatic rings. The number of likely N-dealkylation sites (tertiary alicyclic amines) is 2. The lowest BCUT2D eigenvalue weighted by molar-refractivity contribution is -0.132. The van der Waals surface area contributed by atoms with Crippen molar-refractivity contribution >= 4 is 23.5 Å². The van der Waals surface area contributed by atoms with Crippen LogP contribution in [0.1, 0.15) is 39.4 Å². The number of hydrogen-bond donors (Lipinski definition) is 1. The molecule has 0 saturated carbocycles. The molecule has 5 rings (SSSR count). The van der Waals surface area contributed by atoms with Crippen molar-refractivity contribution in [1.82, 2.24) is 24.8 Å². The average Bonchev–Trinajstić information content (AvgIpc) is 3.17. The van der Waals surface area contributed by atoms with Crippen molar-refractivity contribution in [3.05, 3.63) is 65.9 Å². The van der Waals surface area contributed by atoms with E-state index < -0.39 is 12.0 Å². The van der Waals surface area contributed by atoms with Crippen LogP contribution in [0.4, 0.5) is 5.82 Å². The van der Waals surface area contributed by atoms with Gasteiger partial charge in [0.2, 0.25) is 0 Å². The molecule has 0 aliphatic carbocycles. The summed E-state index contributed by atoms with van der Waals surface area (Å²) in [5.74, 6) is 0.602. The first-order chi connectivity index (χ1) is 17.9. The van der Waals surface area contributed by atoms with E-state index in [9.17, 15) is 14.4 Å². The van der Waals surface area contributed by atoms with Gasteiger partial charge in [-0.15, -0.1) is 0 Å². The summed E-state index contributed by atoms with van der Waals surface area (Å²) >= 11 is 0. The van der Waals surface area contributed by atoms with Crippen molar-refractivity contribution in [3.8, 4) is 17.2 Å². The number of benzene rings is 1. The van der Waals surface area contributed by atoms with Gasteiger partial charge in [-0.1, -0.05) is 0 Å². The maximum Gasteiger partial charge on any atom is 0.272 e. The first-order valence-corrected chi connectivity index (χ1v) is 12.0. The summed E-state index contributed by atoms with van der Waals surface area (Å²) < 4.78 is 11.9. The van der Waals surface area contributed by atoms with E-state index in [2.05, 4.69) is 20.3 Å². The highest BCUT2D eigenvalue weighted by molar-refractivity contribution is 6.04. The summed E-state index contributed by atoms with van der Waals surface area (Å²) in [5, 5.41) is 2.70. The lowest BCUT2D eigenvalue weighted by Crippen LogP contribution is -2.42. The van der Waals surface area contributed by atoms with Crippen LogP contribution in [-0.2, 0) is 4.79 Å². The second-order valence-electron chi connectivity index (χ2n) is 8.97. The molecule has 37 heavy (non-hydrogen) atoms. The van der Waals surface area contributed by atoms with Gasteiger partial charge >= 0.3 is 0 Å². The van der Waals surface area contributed by atoms with Gasteiger partial charge in [0.25, 0.3) is 17.7 Å². The van der Waals surface area contributed by atoms with Crippen LogP contribution in [0.3, 0.4) is 0 Å². The van der Waals surface area contributed by atoms with E-state index in [1.807, 2.05) is 0 Å². The van der Waals surface area contributed by atoms with Gasteiger partial charge in [0.05, 0.1) is 24.3 Å². The maximum absolute atomic E-state index is 13.0. The van der Waals surface area contributed by atoms with Gasteiger partial charge in [-0.05, 0) is 37.6 Å². The van der Waals surface area contributed by atoms with E-state index in [0.29, 0.717) is 41.7 Å². The largest absolute Gasteiger partial charge is 0.480 e. The molecule has 0 spiro atoms. The normalized spacial score (nSPS) is 16.8. The number of carbonyl (C=O) groups is 3. The standard InChI is InChI=1S/C26H26N6O5/c1-16-13-29-23(15-27-16)30-24(33)17-10-19(12-20(11-17)37-22-6-9-31(2)26(22)35)36-18-4-5-21(28-14-18)25(34)32-7-3-8-32/h4-5,10-15,22H,3,6-9H2,1-2H3,(H,29,30,33). The molecule has 11 nitrogen and oxygen atoms in total. The Bertz CT molecular complexity index is 1320. The molecule has 2 aromatic heterocycles. The summed E-state index contributed by atoms with van der Waals surface area (Å²) in [6, 6.07) is 7.94. The Morgan fingerprint density at radius 2 is 1.78 bits per heavy atom. The summed E-state index contributed by atoms with van der Waals surface area (Å²) in [5.41, 5.74) is 1.31. The van der Waals surface area contributed by atoms with Gasteiger partial charge in [-0.3, -0.25) is 19.4 Å². The maximum atomic E-state index is 13.0. The van der Waals surface area contributed by atoms with Gasteiger partial charge in [0, 0.05) is 44.7 Å². The van der Waals surface area contributed by atoms with Gasteiger partial charge < -0.3 is 24.6 Å². The number of pyridine rings is 1. The Morgan fingerprint density at radius 3 is 2.41 bits per heavy atom. The minimum Gasteiger partial charge on any atom is -0.480 e. The number of nitrogens with one attached hydrogen (secondary N) is 1. The van der Waals surface area contributed by atoms with E-state index in [0.717, 1.165) is 25.2 Å². The predicted octanol–water partition coefficient (Wildman–Crippen LogP) is 2.68. The number of carbonyl (C=O) groups excluding carboxylic acids is 3. The zero-order valence-corrected chi connectivity index (χ0v) is 20.5. The third-order valence-corrected chi connectivity index (χ3v) is 6.16. The molecule has 3 amide bonds. The molecule has 0 bridgehead atoms. The Morgan fingerprint density at radius 1 is 0.973 bits per heavy atom. The number of ether oxygens (including phenoxy) is 2. The fourth-order valence-corrected chi connectivity index (χ4v) is 3.92.